The van der Waals surface area contributed by atoms with Crippen molar-refractivity contribution in [3.8, 4) is 0 Å². The van der Waals surface area contributed by atoms with E-state index in [-0.39, 0.29) is 6.61 Å². The van der Waals surface area contributed by atoms with Crippen LogP contribution in [0.15, 0.2) is 30.3 Å². The van der Waals surface area contributed by atoms with Gasteiger partial charge in [0.15, 0.2) is 0 Å². The molecule has 0 heterocycles. The largest absolute Gasteiger partial charge is 0.390 e. The maximum absolute atomic E-state index is 9.76. The highest BCUT2D eigenvalue weighted by molar-refractivity contribution is 5.13. The molecule has 0 amide bonds. The average Bonchev–Trinajstić information content (AvgIpc) is 2.47. The molecule has 0 aliphatic heterocycles. The predicted molar refractivity (Wildman–Crippen MR) is 91.1 cm³/mol. The molecule has 1 N–H and O–H groups in total. The number of aliphatic hydroxyl groups is 1. The van der Waals surface area contributed by atoms with Gasteiger partial charge in [0.25, 0.3) is 0 Å². The van der Waals surface area contributed by atoms with Crippen LogP contribution in [0.5, 0.6) is 0 Å². The van der Waals surface area contributed by atoms with Crippen LogP contribution in [0.1, 0.15) is 57.4 Å². The van der Waals surface area contributed by atoms with Crippen LogP contribution in [0, 0.1) is 0 Å². The minimum absolute atomic E-state index is 0.287. The lowest BCUT2D eigenvalue weighted by molar-refractivity contribution is -0.928. The Hall–Kier alpha value is -0.860. The molecule has 2 heteroatoms. The third-order valence-electron chi connectivity index (χ3n) is 4.52. The number of unbranched alkanes of at least 4 members (excludes halogenated alkanes) is 5. The minimum Gasteiger partial charge on any atom is -0.390 e. The van der Waals surface area contributed by atoms with Gasteiger partial charge in [-0.2, -0.15) is 0 Å². The molecular formula is C19H34NO+. The SMILES string of the molecule is CCCCCCCCC(CO)[N+](C)(C)Cc1ccccc1. The Labute approximate surface area is 131 Å². The normalized spacial score (nSPS) is 13.3. The summed E-state index contributed by atoms with van der Waals surface area (Å²) in [4.78, 5) is 0. The first-order valence-corrected chi connectivity index (χ1v) is 8.57. The van der Waals surface area contributed by atoms with Crippen molar-refractivity contribution in [1.82, 2.24) is 0 Å². The van der Waals surface area contributed by atoms with E-state index in [0.29, 0.717) is 6.04 Å². The standard InChI is InChI=1S/C19H34NO/c1-4-5-6-7-8-12-15-19(17-21)20(2,3)16-18-13-10-9-11-14-18/h9-11,13-14,19,21H,4-8,12,15-17H2,1-3H3/q+1. The molecule has 120 valence electrons. The van der Waals surface area contributed by atoms with Crippen LogP contribution >= 0.6 is 0 Å². The van der Waals surface area contributed by atoms with Gasteiger partial charge in [-0.1, -0.05) is 69.4 Å². The number of hydrogen-bond acceptors (Lipinski definition) is 1. The van der Waals surface area contributed by atoms with Crippen molar-refractivity contribution >= 4 is 0 Å². The smallest absolute Gasteiger partial charge is 0.112 e. The van der Waals surface area contributed by atoms with E-state index in [2.05, 4.69) is 51.4 Å². The van der Waals surface area contributed by atoms with Gasteiger partial charge in [-0.15, -0.1) is 0 Å². The second-order valence-electron chi connectivity index (χ2n) is 6.82. The summed E-state index contributed by atoms with van der Waals surface area (Å²) in [6, 6.07) is 11.0. The van der Waals surface area contributed by atoms with Gasteiger partial charge >= 0.3 is 0 Å². The lowest BCUT2D eigenvalue weighted by atomic mass is 10.0. The van der Waals surface area contributed by atoms with E-state index in [0.717, 1.165) is 17.4 Å². The Morgan fingerprint density at radius 1 is 0.952 bits per heavy atom. The number of hydrogen-bond donors (Lipinski definition) is 1. The fraction of sp³-hybridized carbons (Fsp3) is 0.684. The molecule has 0 fully saturated rings. The lowest BCUT2D eigenvalue weighted by Gasteiger charge is -2.37. The molecule has 1 atom stereocenters. The van der Waals surface area contributed by atoms with Crippen LogP contribution in [-0.4, -0.2) is 36.3 Å². The van der Waals surface area contributed by atoms with Gasteiger partial charge in [0.1, 0.15) is 12.6 Å². The van der Waals surface area contributed by atoms with E-state index in [1.54, 1.807) is 0 Å². The maximum Gasteiger partial charge on any atom is 0.112 e. The molecule has 1 aromatic rings. The van der Waals surface area contributed by atoms with Crippen LogP contribution in [0.4, 0.5) is 0 Å². The molecule has 2 nitrogen and oxygen atoms in total. The van der Waals surface area contributed by atoms with E-state index in [4.69, 9.17) is 0 Å². The Bertz CT molecular complexity index is 361. The van der Waals surface area contributed by atoms with Gasteiger partial charge in [-0.3, -0.25) is 0 Å². The second-order valence-corrected chi connectivity index (χ2v) is 6.82. The summed E-state index contributed by atoms with van der Waals surface area (Å²) in [5.74, 6) is 0. The predicted octanol–water partition coefficient (Wildman–Crippen LogP) is 4.37. The fourth-order valence-electron chi connectivity index (χ4n) is 3.01. The van der Waals surface area contributed by atoms with Crippen molar-refractivity contribution in [1.29, 1.82) is 0 Å². The summed E-state index contributed by atoms with van der Waals surface area (Å²) in [7, 11) is 4.48. The Balaban J connectivity index is 2.38. The van der Waals surface area contributed by atoms with E-state index < -0.39 is 0 Å². The van der Waals surface area contributed by atoms with Crippen molar-refractivity contribution in [3.05, 3.63) is 35.9 Å². The summed E-state index contributed by atoms with van der Waals surface area (Å²) >= 11 is 0. The van der Waals surface area contributed by atoms with Crippen LogP contribution < -0.4 is 0 Å². The van der Waals surface area contributed by atoms with E-state index in [1.807, 2.05) is 0 Å². The molecule has 0 aliphatic rings. The molecule has 1 unspecified atom stereocenters. The molecule has 0 spiro atoms. The maximum atomic E-state index is 9.76. The van der Waals surface area contributed by atoms with Gasteiger partial charge in [0.2, 0.25) is 0 Å². The minimum atomic E-state index is 0.287. The highest BCUT2D eigenvalue weighted by atomic mass is 16.3. The zero-order chi connectivity index (χ0) is 15.6. The van der Waals surface area contributed by atoms with Crippen molar-refractivity contribution in [2.24, 2.45) is 0 Å². The molecule has 1 aromatic carbocycles. The molecule has 0 saturated carbocycles. The van der Waals surface area contributed by atoms with Gasteiger partial charge < -0.3 is 9.59 Å². The highest BCUT2D eigenvalue weighted by Gasteiger charge is 2.27. The Morgan fingerprint density at radius 2 is 1.57 bits per heavy atom. The molecular weight excluding hydrogens is 258 g/mol. The number of rotatable bonds is 11. The Kier molecular flexibility index (Phi) is 8.63. The third-order valence-corrected chi connectivity index (χ3v) is 4.52. The van der Waals surface area contributed by atoms with E-state index >= 15 is 0 Å². The first-order chi connectivity index (χ1) is 10.1. The first kappa shape index (κ1) is 18.2. The summed E-state index contributed by atoms with van der Waals surface area (Å²) in [5, 5.41) is 9.76. The highest BCUT2D eigenvalue weighted by Crippen LogP contribution is 2.19. The average molecular weight is 292 g/mol. The number of nitrogens with zero attached hydrogens (tertiary/aromatic N) is 1. The first-order valence-electron chi connectivity index (χ1n) is 8.57. The molecule has 0 bridgehead atoms. The topological polar surface area (TPSA) is 20.2 Å². The van der Waals surface area contributed by atoms with Gasteiger partial charge in [-0.25, -0.2) is 0 Å². The van der Waals surface area contributed by atoms with Gasteiger partial charge in [0.05, 0.1) is 20.7 Å². The van der Waals surface area contributed by atoms with Gasteiger partial charge in [-0.05, 0) is 6.42 Å². The second kappa shape index (κ2) is 9.97. The van der Waals surface area contributed by atoms with Crippen LogP contribution in [0.25, 0.3) is 0 Å². The third kappa shape index (κ3) is 7.10. The zero-order valence-electron chi connectivity index (χ0n) is 14.2. The van der Waals surface area contributed by atoms with Gasteiger partial charge in [0, 0.05) is 12.0 Å². The number of likely N-dealkylation sites (N-methyl/N-ethyl adjacent to an activating group) is 1. The van der Waals surface area contributed by atoms with Crippen molar-refractivity contribution < 1.29 is 9.59 Å². The quantitative estimate of drug-likeness (QED) is 0.474. The van der Waals surface area contributed by atoms with E-state index in [1.165, 1.54) is 44.1 Å². The number of aliphatic hydroxyl groups excluding tert-OH is 1. The lowest BCUT2D eigenvalue weighted by Crippen LogP contribution is -2.50. The molecule has 21 heavy (non-hydrogen) atoms. The molecule has 1 rings (SSSR count). The fourth-order valence-corrected chi connectivity index (χ4v) is 3.01. The number of quaternary nitrogens is 1. The number of benzene rings is 1. The summed E-state index contributed by atoms with van der Waals surface area (Å²) in [6.07, 6.45) is 9.05. The summed E-state index contributed by atoms with van der Waals surface area (Å²) in [6.45, 7) is 3.53. The zero-order valence-corrected chi connectivity index (χ0v) is 14.2. The van der Waals surface area contributed by atoms with Crippen LogP contribution in [-0.2, 0) is 6.54 Å². The summed E-state index contributed by atoms with van der Waals surface area (Å²) < 4.78 is 0.871. The molecule has 0 aromatic heterocycles. The molecule has 0 saturated heterocycles. The monoisotopic (exact) mass is 292 g/mol. The van der Waals surface area contributed by atoms with Crippen molar-refractivity contribution in [2.45, 2.75) is 64.5 Å². The molecule has 0 aliphatic carbocycles. The van der Waals surface area contributed by atoms with E-state index in [9.17, 15) is 5.11 Å². The van der Waals surface area contributed by atoms with Crippen molar-refractivity contribution in [3.63, 3.8) is 0 Å². The molecule has 0 radical (unpaired) electrons. The van der Waals surface area contributed by atoms with Crippen LogP contribution in [0.2, 0.25) is 0 Å². The summed E-state index contributed by atoms with van der Waals surface area (Å²) in [5.41, 5.74) is 1.35. The Morgan fingerprint density at radius 3 is 2.19 bits per heavy atom. The van der Waals surface area contributed by atoms with Crippen molar-refractivity contribution in [2.75, 3.05) is 20.7 Å². The van der Waals surface area contributed by atoms with Crippen LogP contribution in [0.3, 0.4) is 0 Å².